The second-order valence-electron chi connectivity index (χ2n) is 6.03. The van der Waals surface area contributed by atoms with Gasteiger partial charge in [0.05, 0.1) is 7.11 Å². The minimum atomic E-state index is -0.130. The third kappa shape index (κ3) is 4.00. The second-order valence-corrected chi connectivity index (χ2v) is 6.44. The van der Waals surface area contributed by atoms with Crippen molar-refractivity contribution in [2.24, 2.45) is 5.92 Å². The van der Waals surface area contributed by atoms with Crippen LogP contribution in [0.3, 0.4) is 0 Å². The van der Waals surface area contributed by atoms with E-state index in [1.165, 1.54) is 0 Å². The van der Waals surface area contributed by atoms with Crippen molar-refractivity contribution in [2.45, 2.75) is 13.8 Å². The van der Waals surface area contributed by atoms with Crippen LogP contribution in [0.1, 0.15) is 13.8 Å². The van der Waals surface area contributed by atoms with Gasteiger partial charge >= 0.3 is 0 Å². The largest absolute Gasteiger partial charge is 0.497 e. The fourth-order valence-electron chi connectivity index (χ4n) is 2.27. The number of carbonyl (C=O) groups excluding carboxylic acids is 1. The zero-order valence-electron chi connectivity index (χ0n) is 14.7. The number of amides is 1. The first-order chi connectivity index (χ1) is 12.5. The van der Waals surface area contributed by atoms with Gasteiger partial charge in [-0.25, -0.2) is 4.98 Å². The molecule has 2 N–H and O–H groups in total. The lowest BCUT2D eigenvalue weighted by atomic mass is 10.2. The maximum atomic E-state index is 11.6. The maximum Gasteiger partial charge on any atom is 0.228 e. The molecule has 0 saturated heterocycles. The summed E-state index contributed by atoms with van der Waals surface area (Å²) in [5, 5.41) is 5.89. The molecule has 0 aliphatic rings. The average Bonchev–Trinajstić information content (AvgIpc) is 3.05. The number of anilines is 1. The Hall–Kier alpha value is -2.93. The molecular formula is C19H19N3O3S. The molecule has 0 atom stereocenters. The summed E-state index contributed by atoms with van der Waals surface area (Å²) >= 11 is 5.14. The zero-order chi connectivity index (χ0) is 18.7. The summed E-state index contributed by atoms with van der Waals surface area (Å²) in [4.78, 5) is 16.1. The highest BCUT2D eigenvalue weighted by Gasteiger charge is 2.11. The van der Waals surface area contributed by atoms with Gasteiger partial charge in [0, 0.05) is 23.2 Å². The van der Waals surface area contributed by atoms with Gasteiger partial charge in [0.2, 0.25) is 11.8 Å². The van der Waals surface area contributed by atoms with Crippen molar-refractivity contribution in [3.63, 3.8) is 0 Å². The molecule has 0 spiro atoms. The number of benzene rings is 2. The fraction of sp³-hybridized carbons (Fsp3) is 0.211. The van der Waals surface area contributed by atoms with Crippen LogP contribution in [0, 0.1) is 5.92 Å². The first kappa shape index (κ1) is 17.9. The van der Waals surface area contributed by atoms with Gasteiger partial charge in [-0.1, -0.05) is 13.8 Å². The fourth-order valence-corrected chi connectivity index (χ4v) is 2.49. The average molecular weight is 369 g/mol. The van der Waals surface area contributed by atoms with Gasteiger partial charge < -0.3 is 19.8 Å². The van der Waals surface area contributed by atoms with Crippen LogP contribution in [0.5, 0.6) is 5.75 Å². The number of hydrogen-bond acceptors (Lipinski definition) is 5. The van der Waals surface area contributed by atoms with Crippen LogP contribution in [0.15, 0.2) is 46.9 Å². The van der Waals surface area contributed by atoms with Crippen LogP contribution in [0.4, 0.5) is 5.69 Å². The molecule has 6 nitrogen and oxygen atoms in total. The van der Waals surface area contributed by atoms with E-state index in [2.05, 4.69) is 15.6 Å². The predicted octanol–water partition coefficient (Wildman–Crippen LogP) is 3.97. The molecule has 0 unspecified atom stereocenters. The molecule has 1 heterocycles. The Kier molecular flexibility index (Phi) is 5.18. The molecule has 0 saturated carbocycles. The van der Waals surface area contributed by atoms with Crippen molar-refractivity contribution in [3.8, 4) is 17.2 Å². The number of nitrogens with one attached hydrogen (secondary N) is 2. The number of hydrogen-bond donors (Lipinski definition) is 2. The van der Waals surface area contributed by atoms with E-state index in [-0.39, 0.29) is 16.9 Å². The molecule has 0 fully saturated rings. The summed E-state index contributed by atoms with van der Waals surface area (Å²) in [5.41, 5.74) is 3.03. The smallest absolute Gasteiger partial charge is 0.228 e. The Labute approximate surface area is 156 Å². The number of aromatic nitrogens is 1. The molecule has 2 aromatic carbocycles. The lowest BCUT2D eigenvalue weighted by Gasteiger charge is -2.11. The van der Waals surface area contributed by atoms with Crippen molar-refractivity contribution < 1.29 is 13.9 Å². The topological polar surface area (TPSA) is 76.4 Å². The van der Waals surface area contributed by atoms with E-state index in [0.29, 0.717) is 11.5 Å². The van der Waals surface area contributed by atoms with Gasteiger partial charge in [0.15, 0.2) is 10.7 Å². The van der Waals surface area contributed by atoms with Gasteiger partial charge in [-0.2, -0.15) is 0 Å². The zero-order valence-corrected chi connectivity index (χ0v) is 15.5. The minimum Gasteiger partial charge on any atom is -0.497 e. The first-order valence-electron chi connectivity index (χ1n) is 8.13. The van der Waals surface area contributed by atoms with Gasteiger partial charge in [0.1, 0.15) is 11.3 Å². The van der Waals surface area contributed by atoms with Gasteiger partial charge in [0.25, 0.3) is 0 Å². The summed E-state index contributed by atoms with van der Waals surface area (Å²) in [6, 6.07) is 12.9. The lowest BCUT2D eigenvalue weighted by Crippen LogP contribution is -2.36. The third-order valence-electron chi connectivity index (χ3n) is 3.75. The maximum absolute atomic E-state index is 11.6. The highest BCUT2D eigenvalue weighted by atomic mass is 32.1. The van der Waals surface area contributed by atoms with E-state index in [1.54, 1.807) is 7.11 Å². The quantitative estimate of drug-likeness (QED) is 0.678. The van der Waals surface area contributed by atoms with Crippen molar-refractivity contribution >= 4 is 40.0 Å². The lowest BCUT2D eigenvalue weighted by molar-refractivity contribution is -0.122. The Morgan fingerprint density at radius 3 is 2.58 bits per heavy atom. The van der Waals surface area contributed by atoms with Crippen molar-refractivity contribution in [1.82, 2.24) is 10.3 Å². The summed E-state index contributed by atoms with van der Waals surface area (Å²) < 4.78 is 11.0. The molecule has 26 heavy (non-hydrogen) atoms. The molecule has 134 valence electrons. The van der Waals surface area contributed by atoms with Crippen LogP contribution in [-0.4, -0.2) is 23.1 Å². The Balaban J connectivity index is 1.73. The number of carbonyl (C=O) groups is 1. The molecule has 0 aliphatic heterocycles. The van der Waals surface area contributed by atoms with Crippen LogP contribution in [0.2, 0.25) is 0 Å². The highest BCUT2D eigenvalue weighted by Crippen LogP contribution is 2.27. The molecule has 3 rings (SSSR count). The van der Waals surface area contributed by atoms with Crippen molar-refractivity contribution in [1.29, 1.82) is 0 Å². The van der Waals surface area contributed by atoms with E-state index >= 15 is 0 Å². The molecule has 0 bridgehead atoms. The van der Waals surface area contributed by atoms with Gasteiger partial charge in [-0.3, -0.25) is 4.79 Å². The van der Waals surface area contributed by atoms with Crippen LogP contribution >= 0.6 is 12.2 Å². The van der Waals surface area contributed by atoms with Gasteiger partial charge in [-0.15, -0.1) is 0 Å². The Bertz CT molecular complexity index is 948. The summed E-state index contributed by atoms with van der Waals surface area (Å²) in [6.45, 7) is 3.62. The monoisotopic (exact) mass is 369 g/mol. The Morgan fingerprint density at radius 1 is 1.19 bits per heavy atom. The molecule has 3 aromatic rings. The highest BCUT2D eigenvalue weighted by molar-refractivity contribution is 7.80. The molecule has 0 aliphatic carbocycles. The number of oxazole rings is 1. The number of fused-ring (bicyclic) bond motifs is 1. The molecule has 0 radical (unpaired) electrons. The minimum absolute atomic E-state index is 0.124. The van der Waals surface area contributed by atoms with Crippen molar-refractivity contribution in [3.05, 3.63) is 42.5 Å². The molecule has 1 aromatic heterocycles. The second kappa shape index (κ2) is 7.53. The number of rotatable bonds is 4. The summed E-state index contributed by atoms with van der Waals surface area (Å²) in [6.07, 6.45) is 0. The van der Waals surface area contributed by atoms with E-state index in [9.17, 15) is 4.79 Å². The van der Waals surface area contributed by atoms with Crippen molar-refractivity contribution in [2.75, 3.05) is 12.4 Å². The first-order valence-corrected chi connectivity index (χ1v) is 8.54. The SMILES string of the molecule is COc1ccc2oc(-c3ccc(NC(=S)NC(=O)C(C)C)cc3)nc2c1. The van der Waals surface area contributed by atoms with E-state index in [4.69, 9.17) is 21.4 Å². The number of ether oxygens (including phenoxy) is 1. The molecule has 7 heteroatoms. The summed E-state index contributed by atoms with van der Waals surface area (Å²) in [7, 11) is 1.61. The number of nitrogens with zero attached hydrogens (tertiary/aromatic N) is 1. The van der Waals surface area contributed by atoms with Crippen LogP contribution < -0.4 is 15.4 Å². The predicted molar refractivity (Wildman–Crippen MR) is 105 cm³/mol. The molecular weight excluding hydrogens is 350 g/mol. The van der Waals surface area contributed by atoms with E-state index < -0.39 is 0 Å². The number of methoxy groups -OCH3 is 1. The Morgan fingerprint density at radius 2 is 1.92 bits per heavy atom. The van der Waals surface area contributed by atoms with Crippen LogP contribution in [-0.2, 0) is 4.79 Å². The number of thiocarbonyl (C=S) groups is 1. The summed E-state index contributed by atoms with van der Waals surface area (Å²) in [5.74, 6) is 1.00. The van der Waals surface area contributed by atoms with E-state index in [0.717, 1.165) is 22.5 Å². The standard InChI is InChI=1S/C19H19N3O3S/c1-11(2)17(23)22-19(26)20-13-6-4-12(5-7-13)18-21-15-10-14(24-3)8-9-16(15)25-18/h4-11H,1-3H3,(H2,20,22,23,26). The third-order valence-corrected chi connectivity index (χ3v) is 3.95. The van der Waals surface area contributed by atoms with E-state index in [1.807, 2.05) is 56.3 Å². The van der Waals surface area contributed by atoms with Crippen LogP contribution in [0.25, 0.3) is 22.6 Å². The molecule has 1 amide bonds. The van der Waals surface area contributed by atoms with Gasteiger partial charge in [-0.05, 0) is 48.6 Å². The normalized spacial score (nSPS) is 10.8.